The second kappa shape index (κ2) is 10.4. The van der Waals surface area contributed by atoms with E-state index in [0.717, 1.165) is 11.8 Å². The summed E-state index contributed by atoms with van der Waals surface area (Å²) in [6.07, 6.45) is 14.6. The normalized spacial score (nSPS) is 19.4. The molecule has 0 aromatic rings. The summed E-state index contributed by atoms with van der Waals surface area (Å²) >= 11 is -0.0598. The second-order valence-electron chi connectivity index (χ2n) is 5.82. The summed E-state index contributed by atoms with van der Waals surface area (Å²) in [7, 11) is 0. The van der Waals surface area contributed by atoms with Crippen LogP contribution in [0.2, 0.25) is 0 Å². The molecule has 0 heterocycles. The van der Waals surface area contributed by atoms with Crippen LogP contribution in [0.5, 0.6) is 0 Å². The summed E-state index contributed by atoms with van der Waals surface area (Å²) in [4.78, 5) is 0. The van der Waals surface area contributed by atoms with Gasteiger partial charge in [-0.05, 0) is 0 Å². The molecule has 2 aliphatic carbocycles. The summed E-state index contributed by atoms with van der Waals surface area (Å²) in [5, 5.41) is 0. The Bertz CT molecular complexity index is 416. The molecule has 0 aliphatic heterocycles. The summed E-state index contributed by atoms with van der Waals surface area (Å²) < 4.78 is 3.60. The number of halogens is 2. The molecule has 0 bridgehead atoms. The topological polar surface area (TPSA) is 0 Å². The first-order chi connectivity index (χ1) is 9.17. The van der Waals surface area contributed by atoms with Crippen molar-refractivity contribution in [2.75, 3.05) is 0 Å². The third-order valence-electron chi connectivity index (χ3n) is 4.52. The van der Waals surface area contributed by atoms with Gasteiger partial charge in [-0.3, -0.25) is 0 Å². The van der Waals surface area contributed by atoms with E-state index >= 15 is 0 Å². The number of rotatable bonds is 6. The van der Waals surface area contributed by atoms with Crippen LogP contribution in [0, 0.1) is 11.8 Å². The fourth-order valence-electron chi connectivity index (χ4n) is 2.84. The molecule has 0 saturated heterocycles. The van der Waals surface area contributed by atoms with Crippen LogP contribution in [0.1, 0.15) is 53.4 Å². The van der Waals surface area contributed by atoms with Crippen LogP contribution in [0.15, 0.2) is 43.2 Å². The van der Waals surface area contributed by atoms with Gasteiger partial charge >= 0.3 is 128 Å². The third kappa shape index (κ3) is 5.34. The zero-order chi connectivity index (χ0) is 13.8. The number of hydrogen-bond donors (Lipinski definition) is 0. The van der Waals surface area contributed by atoms with Crippen LogP contribution in [0.25, 0.3) is 0 Å². The van der Waals surface area contributed by atoms with Crippen molar-refractivity contribution in [1.29, 1.82) is 0 Å². The Balaban J connectivity index is 0.00000200. The summed E-state index contributed by atoms with van der Waals surface area (Å²) in [5.74, 6) is 1.50. The fraction of sp³-hybridized carbons (Fsp3) is 0.556. The molecule has 0 nitrogen and oxygen atoms in total. The van der Waals surface area contributed by atoms with Crippen molar-refractivity contribution in [3.8, 4) is 0 Å². The monoisotopic (exact) mass is 450 g/mol. The van der Waals surface area contributed by atoms with Gasteiger partial charge in [-0.15, -0.1) is 34.0 Å². The van der Waals surface area contributed by atoms with Crippen molar-refractivity contribution in [3.05, 3.63) is 43.2 Å². The first-order valence-corrected chi connectivity index (χ1v) is 9.29. The number of allylic oxidation sites excluding steroid dienone is 8. The molecular formula is C18H28Br2Ti. The standard InChI is InChI=1S/2C9H13.2BrH.Ti/c2*1-3-8(2)9-6-4-5-7-9;;;/h2*4,6,8H,3,5H2,1-2H3;2*1H;. The van der Waals surface area contributed by atoms with Crippen molar-refractivity contribution in [3.63, 3.8) is 0 Å². The first kappa shape index (κ1) is 21.6. The molecule has 0 aromatic carbocycles. The second-order valence-corrected chi connectivity index (χ2v) is 8.10. The van der Waals surface area contributed by atoms with Crippen molar-refractivity contribution < 1.29 is 19.2 Å². The van der Waals surface area contributed by atoms with E-state index in [2.05, 4.69) is 52.0 Å². The molecule has 2 rings (SSSR count). The van der Waals surface area contributed by atoms with Crippen LogP contribution in [-0.2, 0) is 19.2 Å². The molecule has 21 heavy (non-hydrogen) atoms. The van der Waals surface area contributed by atoms with E-state index in [-0.39, 0.29) is 53.1 Å². The van der Waals surface area contributed by atoms with Crippen LogP contribution >= 0.6 is 34.0 Å². The van der Waals surface area contributed by atoms with Crippen LogP contribution in [0.3, 0.4) is 0 Å². The van der Waals surface area contributed by atoms with Gasteiger partial charge in [-0.1, -0.05) is 0 Å². The molecule has 0 fully saturated rings. The van der Waals surface area contributed by atoms with Gasteiger partial charge in [-0.25, -0.2) is 0 Å². The van der Waals surface area contributed by atoms with E-state index in [4.69, 9.17) is 0 Å². The van der Waals surface area contributed by atoms with E-state index < -0.39 is 0 Å². The van der Waals surface area contributed by atoms with E-state index in [1.54, 1.807) is 18.9 Å². The van der Waals surface area contributed by atoms with E-state index in [1.807, 2.05) is 0 Å². The van der Waals surface area contributed by atoms with Gasteiger partial charge in [0.1, 0.15) is 0 Å². The van der Waals surface area contributed by atoms with E-state index in [1.165, 1.54) is 25.7 Å². The molecule has 0 saturated carbocycles. The average molecular weight is 452 g/mol. The maximum absolute atomic E-state index is 2.40. The third-order valence-corrected chi connectivity index (χ3v) is 7.01. The quantitative estimate of drug-likeness (QED) is 0.392. The first-order valence-electron chi connectivity index (χ1n) is 7.73. The maximum atomic E-state index is 2.40. The molecule has 2 unspecified atom stereocenters. The molecule has 0 amide bonds. The van der Waals surface area contributed by atoms with Crippen LogP contribution in [-0.4, -0.2) is 0 Å². The van der Waals surface area contributed by atoms with E-state index in [9.17, 15) is 0 Å². The van der Waals surface area contributed by atoms with E-state index in [0.29, 0.717) is 0 Å². The van der Waals surface area contributed by atoms with Crippen molar-refractivity contribution in [1.82, 2.24) is 0 Å². The molecule has 0 N–H and O–H groups in total. The fourth-order valence-corrected chi connectivity index (χ4v) is 5.57. The van der Waals surface area contributed by atoms with Gasteiger partial charge in [0, 0.05) is 0 Å². The minimum absolute atomic E-state index is 0. The molecule has 3 heteroatoms. The van der Waals surface area contributed by atoms with Crippen molar-refractivity contribution in [2.45, 2.75) is 53.4 Å². The van der Waals surface area contributed by atoms with Gasteiger partial charge in [-0.2, -0.15) is 0 Å². The van der Waals surface area contributed by atoms with Crippen LogP contribution in [0.4, 0.5) is 0 Å². The molecular weight excluding hydrogens is 424 g/mol. The van der Waals surface area contributed by atoms with Gasteiger partial charge in [0.15, 0.2) is 0 Å². The Labute approximate surface area is 160 Å². The Morgan fingerprint density at radius 1 is 0.857 bits per heavy atom. The van der Waals surface area contributed by atoms with Gasteiger partial charge < -0.3 is 0 Å². The SMILES string of the molecule is Br.Br.CCC(C)C1=[C]([Ti][C]2=C(C(C)CC)C=CC2)CC=C1. The van der Waals surface area contributed by atoms with Gasteiger partial charge in [0.05, 0.1) is 0 Å². The van der Waals surface area contributed by atoms with Crippen molar-refractivity contribution >= 4 is 34.0 Å². The number of hydrogen-bond acceptors (Lipinski definition) is 0. The summed E-state index contributed by atoms with van der Waals surface area (Å²) in [5.41, 5.74) is 3.34. The molecule has 0 radical (unpaired) electrons. The molecule has 118 valence electrons. The average Bonchev–Trinajstić information content (AvgIpc) is 3.06. The van der Waals surface area contributed by atoms with Gasteiger partial charge in [0.2, 0.25) is 0 Å². The Hall–Kier alpha value is 0.634. The summed E-state index contributed by atoms with van der Waals surface area (Å²) in [6.45, 7) is 9.38. The minimum atomic E-state index is -0.0598. The van der Waals surface area contributed by atoms with Gasteiger partial charge in [0.25, 0.3) is 0 Å². The van der Waals surface area contributed by atoms with Crippen molar-refractivity contribution in [2.24, 2.45) is 11.8 Å². The molecule has 0 spiro atoms. The predicted octanol–water partition coefficient (Wildman–Crippen LogP) is 6.74. The molecule has 0 aromatic heterocycles. The Kier molecular flexibility index (Phi) is 10.7. The van der Waals surface area contributed by atoms with Crippen LogP contribution < -0.4 is 0 Å². The molecule has 2 atom stereocenters. The zero-order valence-corrected chi connectivity index (χ0v) is 18.6. The molecule has 2 aliphatic rings. The Morgan fingerprint density at radius 3 is 1.57 bits per heavy atom. The zero-order valence-electron chi connectivity index (χ0n) is 13.6. The Morgan fingerprint density at radius 2 is 1.24 bits per heavy atom. The summed E-state index contributed by atoms with van der Waals surface area (Å²) in [6, 6.07) is 0. The predicted molar refractivity (Wildman–Crippen MR) is 101 cm³/mol.